The predicted molar refractivity (Wildman–Crippen MR) is 219 cm³/mol. The summed E-state index contributed by atoms with van der Waals surface area (Å²) in [4.78, 5) is 4.56. The smallest absolute Gasteiger partial charge is 0.297 e. The molecule has 2 aromatic heterocycles. The van der Waals surface area contributed by atoms with Crippen LogP contribution in [-0.2, 0) is 6.42 Å². The van der Waals surface area contributed by atoms with Gasteiger partial charge in [0.15, 0.2) is 0 Å². The second-order valence-electron chi connectivity index (χ2n) is 14.1. The number of para-hydroxylation sites is 5. The summed E-state index contributed by atoms with van der Waals surface area (Å²) < 4.78 is 25.9. The number of anilines is 6. The number of fused-ring (bicyclic) bond motifs is 9. The molecule has 0 saturated heterocycles. The lowest BCUT2D eigenvalue weighted by atomic mass is 9.35. The van der Waals surface area contributed by atoms with E-state index in [2.05, 4.69) is 150 Å². The van der Waals surface area contributed by atoms with Crippen molar-refractivity contribution in [1.29, 1.82) is 0 Å². The number of furan rings is 1. The van der Waals surface area contributed by atoms with Crippen LogP contribution in [0.15, 0.2) is 156 Å². The number of aromatic nitrogens is 1. The molecule has 0 fully saturated rings. The third-order valence-electron chi connectivity index (χ3n) is 11.3. The van der Waals surface area contributed by atoms with Gasteiger partial charge in [0.05, 0.1) is 28.1 Å². The number of hydrogen-bond donors (Lipinski definition) is 0. The molecule has 0 unspecified atom stereocenters. The van der Waals surface area contributed by atoms with E-state index in [-0.39, 0.29) is 12.5 Å². The van der Waals surface area contributed by atoms with E-state index in [4.69, 9.17) is 4.42 Å². The Labute approximate surface area is 307 Å². The second kappa shape index (κ2) is 11.2. The van der Waals surface area contributed by atoms with Crippen LogP contribution in [0.5, 0.6) is 0 Å². The molecule has 0 aliphatic carbocycles. The van der Waals surface area contributed by atoms with E-state index in [9.17, 15) is 0 Å². The molecule has 7 aromatic carbocycles. The minimum atomic E-state index is -0.267. The zero-order valence-electron chi connectivity index (χ0n) is 29.3. The first-order valence-corrected chi connectivity index (χ1v) is 18.3. The summed E-state index contributed by atoms with van der Waals surface area (Å²) in [7, 11) is 0. The molecule has 0 radical (unpaired) electrons. The summed E-state index contributed by atoms with van der Waals surface area (Å²) in [5.74, 6) is -0.267. The topological polar surface area (TPSA) is 24.6 Å². The third kappa shape index (κ3) is 4.06. The average Bonchev–Trinajstić information content (AvgIpc) is 3.74. The normalized spacial score (nSPS) is 13.2. The highest BCUT2D eigenvalue weighted by molar-refractivity contribution is 7.00. The van der Waals surface area contributed by atoms with Crippen molar-refractivity contribution in [3.05, 3.63) is 169 Å². The van der Waals surface area contributed by atoms with E-state index in [1.807, 2.05) is 18.2 Å². The van der Waals surface area contributed by atoms with Gasteiger partial charge in [-0.3, -0.25) is 0 Å². The van der Waals surface area contributed by atoms with Gasteiger partial charge in [-0.25, -0.2) is 4.39 Å². The van der Waals surface area contributed by atoms with E-state index in [1.165, 1.54) is 10.8 Å². The van der Waals surface area contributed by atoms with Crippen molar-refractivity contribution in [1.82, 2.24) is 4.57 Å². The van der Waals surface area contributed by atoms with Crippen molar-refractivity contribution in [3.8, 4) is 5.69 Å². The van der Waals surface area contributed by atoms with Crippen molar-refractivity contribution < 1.29 is 8.81 Å². The van der Waals surface area contributed by atoms with Crippen LogP contribution in [0.1, 0.15) is 18.1 Å². The molecule has 11 rings (SSSR count). The quantitative estimate of drug-likeness (QED) is 0.172. The Hall–Kier alpha value is -6.53. The molecule has 252 valence electrons. The van der Waals surface area contributed by atoms with Crippen LogP contribution >= 0.6 is 0 Å². The number of benzene rings is 7. The second-order valence-corrected chi connectivity index (χ2v) is 14.1. The minimum absolute atomic E-state index is 0.240. The van der Waals surface area contributed by atoms with Crippen molar-refractivity contribution >= 4 is 90.2 Å². The molecule has 0 atom stereocenters. The first kappa shape index (κ1) is 30.1. The highest BCUT2D eigenvalue weighted by Crippen LogP contribution is 2.49. The van der Waals surface area contributed by atoms with Crippen LogP contribution in [-0.4, -0.2) is 11.3 Å². The molecule has 6 heteroatoms. The maximum atomic E-state index is 16.4. The lowest BCUT2D eigenvalue weighted by Gasteiger charge is -2.43. The van der Waals surface area contributed by atoms with Gasteiger partial charge in [0.1, 0.15) is 11.4 Å². The first-order valence-electron chi connectivity index (χ1n) is 18.3. The van der Waals surface area contributed by atoms with Crippen LogP contribution in [0.4, 0.5) is 38.5 Å². The number of rotatable bonds is 4. The predicted octanol–water partition coefficient (Wildman–Crippen LogP) is 10.6. The van der Waals surface area contributed by atoms with Gasteiger partial charge in [0, 0.05) is 50.2 Å². The number of nitrogens with zero attached hydrogens (tertiary/aromatic N) is 3. The highest BCUT2D eigenvalue weighted by atomic mass is 19.1. The maximum absolute atomic E-state index is 16.4. The molecule has 2 aliphatic rings. The van der Waals surface area contributed by atoms with E-state index < -0.39 is 0 Å². The van der Waals surface area contributed by atoms with Gasteiger partial charge in [-0.05, 0) is 90.5 Å². The van der Waals surface area contributed by atoms with Gasteiger partial charge >= 0.3 is 0 Å². The van der Waals surface area contributed by atoms with Crippen LogP contribution in [0.2, 0.25) is 0 Å². The zero-order valence-corrected chi connectivity index (χ0v) is 29.3. The van der Waals surface area contributed by atoms with E-state index in [0.717, 1.165) is 90.3 Å². The van der Waals surface area contributed by atoms with Crippen LogP contribution in [0, 0.1) is 12.7 Å². The SMILES string of the molecule is CCc1c2c(cc3c4ccccc4n(-c4ccccc4)c13)B1c3oc4ccccc4c3N(c3ccccc3C)c3cccc(c31)N2c1ccccc1F. The highest BCUT2D eigenvalue weighted by Gasteiger charge is 2.48. The summed E-state index contributed by atoms with van der Waals surface area (Å²) in [6, 6.07) is 52.2. The molecular weight excluding hydrogens is 652 g/mol. The van der Waals surface area contributed by atoms with Crippen molar-refractivity contribution in [3.63, 3.8) is 0 Å². The minimum Gasteiger partial charge on any atom is -0.468 e. The molecule has 4 nitrogen and oxygen atoms in total. The molecule has 9 aromatic rings. The Morgan fingerprint density at radius 3 is 2.02 bits per heavy atom. The molecule has 0 amide bonds. The lowest BCUT2D eigenvalue weighted by molar-refractivity contribution is 0.629. The van der Waals surface area contributed by atoms with Gasteiger partial charge < -0.3 is 18.8 Å². The first-order chi connectivity index (χ1) is 26.1. The lowest BCUT2D eigenvalue weighted by Crippen LogP contribution is -2.61. The number of halogens is 1. The summed E-state index contributed by atoms with van der Waals surface area (Å²) in [6.07, 6.45) is 0.734. The monoisotopic (exact) mass is 685 g/mol. The maximum Gasteiger partial charge on any atom is 0.297 e. The van der Waals surface area contributed by atoms with E-state index in [1.54, 1.807) is 12.1 Å². The Morgan fingerprint density at radius 2 is 1.25 bits per heavy atom. The Bertz CT molecular complexity index is 2950. The fourth-order valence-corrected chi connectivity index (χ4v) is 9.20. The Balaban J connectivity index is 1.34. The molecule has 0 spiro atoms. The number of hydrogen-bond acceptors (Lipinski definition) is 3. The Kier molecular flexibility index (Phi) is 6.39. The third-order valence-corrected chi connectivity index (χ3v) is 11.3. The molecule has 0 N–H and O–H groups in total. The average molecular weight is 686 g/mol. The standard InChI is InChI=1S/C47H33BFN3O/c1-3-31-44-34(32-19-8-12-23-38(32)50(44)30-17-5-4-6-18-30)28-35-45(31)52(39-24-13-10-21-36(39)49)41-26-15-25-40-43(41)48(35)47-46(33-20-9-14-27-42(33)53-47)51(40)37-22-11-7-16-29(37)2/h4-28H,3H2,1-2H3. The summed E-state index contributed by atoms with van der Waals surface area (Å²) in [5, 5.41) is 3.42. The molecule has 4 heterocycles. The van der Waals surface area contributed by atoms with Crippen molar-refractivity contribution in [2.45, 2.75) is 20.3 Å². The van der Waals surface area contributed by atoms with Crippen LogP contribution < -0.4 is 26.4 Å². The summed E-state index contributed by atoms with van der Waals surface area (Å²) in [6.45, 7) is 4.14. The fraction of sp³-hybridized carbons (Fsp3) is 0.0638. The van der Waals surface area contributed by atoms with Gasteiger partial charge in [0.25, 0.3) is 6.71 Å². The largest absolute Gasteiger partial charge is 0.468 e. The van der Waals surface area contributed by atoms with Crippen LogP contribution in [0.3, 0.4) is 0 Å². The molecule has 53 heavy (non-hydrogen) atoms. The van der Waals surface area contributed by atoms with Gasteiger partial charge in [-0.2, -0.15) is 0 Å². The van der Waals surface area contributed by atoms with Crippen LogP contribution in [0.25, 0.3) is 38.5 Å². The van der Waals surface area contributed by atoms with Crippen molar-refractivity contribution in [2.75, 3.05) is 9.80 Å². The molecule has 0 bridgehead atoms. The van der Waals surface area contributed by atoms with Gasteiger partial charge in [-0.1, -0.05) is 97.9 Å². The number of aryl methyl sites for hydroxylation is 2. The molecular formula is C47H33BFN3O. The van der Waals surface area contributed by atoms with Gasteiger partial charge in [0.2, 0.25) is 0 Å². The van der Waals surface area contributed by atoms with E-state index >= 15 is 4.39 Å². The summed E-state index contributed by atoms with van der Waals surface area (Å²) in [5.41, 5.74) is 15.3. The molecule has 2 aliphatic heterocycles. The fourth-order valence-electron chi connectivity index (χ4n) is 9.20. The van der Waals surface area contributed by atoms with Gasteiger partial charge in [-0.15, -0.1) is 0 Å². The molecule has 0 saturated carbocycles. The van der Waals surface area contributed by atoms with Crippen molar-refractivity contribution in [2.24, 2.45) is 0 Å². The Morgan fingerprint density at radius 1 is 0.604 bits per heavy atom. The zero-order chi connectivity index (χ0) is 35.4. The van der Waals surface area contributed by atoms with E-state index in [0.29, 0.717) is 5.69 Å². The summed E-state index contributed by atoms with van der Waals surface area (Å²) >= 11 is 0.